The van der Waals surface area contributed by atoms with E-state index in [1.807, 2.05) is 0 Å². The fourth-order valence-corrected chi connectivity index (χ4v) is 12.8. The van der Waals surface area contributed by atoms with Crippen LogP contribution in [0.2, 0.25) is 0 Å². The van der Waals surface area contributed by atoms with Crippen LogP contribution >= 0.6 is 0 Å². The number of anilines is 3. The van der Waals surface area contributed by atoms with Gasteiger partial charge in [0.15, 0.2) is 0 Å². The smallest absolute Gasteiger partial charge is 0.0467 e. The first-order chi connectivity index (χ1) is 29.0. The van der Waals surface area contributed by atoms with Crippen molar-refractivity contribution in [1.82, 2.24) is 0 Å². The van der Waals surface area contributed by atoms with Crippen molar-refractivity contribution in [2.24, 2.45) is 11.8 Å². The average molecular weight is 772 g/mol. The van der Waals surface area contributed by atoms with E-state index in [-0.39, 0.29) is 5.41 Å². The molecule has 0 saturated heterocycles. The summed E-state index contributed by atoms with van der Waals surface area (Å²) in [6, 6.07) is 52.5. The lowest BCUT2D eigenvalue weighted by atomic mass is 9.81. The van der Waals surface area contributed by atoms with Gasteiger partial charge in [-0.3, -0.25) is 0 Å². The molecule has 0 aliphatic heterocycles. The van der Waals surface area contributed by atoms with Gasteiger partial charge in [0.2, 0.25) is 0 Å². The standard InChI is InChI=1S/C58H61N/c1-58(2)55-22-12-21-52(43-27-25-41(26-28-43)40-13-5-3-6-14-40)57(55)53-34-33-49(38-56(53)58)59(47-31-29-44(30-32-47)54-36-39-23-24-46(54)35-39)48-18-11-17-45(37-48)51-20-10-9-19-50(51)42-15-7-4-8-16-42/h9-12,17-22,25-34,37-40,42,46,54H,3-8,13-16,23-24,35-36H2,1-2H3. The van der Waals surface area contributed by atoms with Crippen LogP contribution in [0.15, 0.2) is 133 Å². The zero-order valence-electron chi connectivity index (χ0n) is 35.4. The van der Waals surface area contributed by atoms with Gasteiger partial charge in [-0.2, -0.15) is 0 Å². The summed E-state index contributed by atoms with van der Waals surface area (Å²) < 4.78 is 0. The summed E-state index contributed by atoms with van der Waals surface area (Å²) in [5.41, 5.74) is 19.2. The van der Waals surface area contributed by atoms with Crippen molar-refractivity contribution in [3.05, 3.63) is 161 Å². The molecule has 4 saturated carbocycles. The van der Waals surface area contributed by atoms with Crippen molar-refractivity contribution in [2.75, 3.05) is 4.90 Å². The molecule has 1 nitrogen and oxygen atoms in total. The Morgan fingerprint density at radius 3 is 1.88 bits per heavy atom. The SMILES string of the molecule is CC1(C)c2cc(N(c3ccc(C4CC5CCC4C5)cc3)c3cccc(-c4ccccc4C4CCCCC4)c3)ccc2-c2c(-c3ccc(C4CCCCC4)cc3)cccc21. The van der Waals surface area contributed by atoms with E-state index in [2.05, 4.69) is 152 Å². The average Bonchev–Trinajstić information content (AvgIpc) is 4.00. The summed E-state index contributed by atoms with van der Waals surface area (Å²) >= 11 is 0. The van der Waals surface area contributed by atoms with Crippen molar-refractivity contribution in [2.45, 2.75) is 127 Å². The molecule has 4 fully saturated rings. The van der Waals surface area contributed by atoms with Crippen LogP contribution in [0.1, 0.15) is 149 Å². The van der Waals surface area contributed by atoms with E-state index >= 15 is 0 Å². The van der Waals surface area contributed by atoms with Gasteiger partial charge in [-0.1, -0.05) is 156 Å². The van der Waals surface area contributed by atoms with E-state index < -0.39 is 0 Å². The lowest BCUT2D eigenvalue weighted by Crippen LogP contribution is -2.16. The lowest BCUT2D eigenvalue weighted by molar-refractivity contribution is 0.420. The van der Waals surface area contributed by atoms with Crippen LogP contribution in [-0.4, -0.2) is 0 Å². The summed E-state index contributed by atoms with van der Waals surface area (Å²) in [4.78, 5) is 2.54. The third-order valence-electron chi connectivity index (χ3n) is 16.0. The molecule has 0 spiro atoms. The van der Waals surface area contributed by atoms with Gasteiger partial charge in [0.25, 0.3) is 0 Å². The maximum absolute atomic E-state index is 2.54. The Kier molecular flexibility index (Phi) is 9.63. The summed E-state index contributed by atoms with van der Waals surface area (Å²) in [7, 11) is 0. The fraction of sp³-hybridized carbons (Fsp3) is 0.379. The molecular weight excluding hydrogens is 711 g/mol. The minimum Gasteiger partial charge on any atom is -0.310 e. The van der Waals surface area contributed by atoms with Crippen molar-refractivity contribution in [3.8, 4) is 33.4 Å². The van der Waals surface area contributed by atoms with Gasteiger partial charge in [-0.25, -0.2) is 0 Å². The molecule has 3 atom stereocenters. The molecule has 1 heteroatoms. The van der Waals surface area contributed by atoms with Gasteiger partial charge >= 0.3 is 0 Å². The first-order valence-electron chi connectivity index (χ1n) is 23.5. The predicted molar refractivity (Wildman–Crippen MR) is 249 cm³/mol. The Bertz CT molecular complexity index is 2460. The second kappa shape index (κ2) is 15.3. The molecule has 0 aromatic heterocycles. The summed E-state index contributed by atoms with van der Waals surface area (Å²) in [6.07, 6.45) is 19.2. The van der Waals surface area contributed by atoms with Crippen molar-refractivity contribution < 1.29 is 0 Å². The molecule has 0 amide bonds. The Morgan fingerprint density at radius 2 is 1.14 bits per heavy atom. The van der Waals surface area contributed by atoms with Gasteiger partial charge in [-0.15, -0.1) is 0 Å². The van der Waals surface area contributed by atoms with Crippen molar-refractivity contribution in [3.63, 3.8) is 0 Å². The number of hydrogen-bond acceptors (Lipinski definition) is 1. The summed E-state index contributed by atoms with van der Waals surface area (Å²) in [5.74, 6) is 3.93. The molecule has 6 aromatic rings. The maximum Gasteiger partial charge on any atom is 0.0467 e. The molecule has 5 aliphatic carbocycles. The van der Waals surface area contributed by atoms with Gasteiger partial charge in [0.05, 0.1) is 0 Å². The van der Waals surface area contributed by atoms with Crippen LogP contribution in [0.5, 0.6) is 0 Å². The Labute approximate surface area is 353 Å². The highest BCUT2D eigenvalue weighted by Gasteiger charge is 2.40. The van der Waals surface area contributed by atoms with Crippen LogP contribution < -0.4 is 4.90 Å². The second-order valence-electron chi connectivity index (χ2n) is 19.7. The zero-order valence-corrected chi connectivity index (χ0v) is 35.4. The molecule has 11 rings (SSSR count). The number of benzene rings is 6. The van der Waals surface area contributed by atoms with Crippen LogP contribution in [0.3, 0.4) is 0 Å². The van der Waals surface area contributed by atoms with Crippen molar-refractivity contribution in [1.29, 1.82) is 0 Å². The van der Waals surface area contributed by atoms with Crippen molar-refractivity contribution >= 4 is 17.1 Å². The molecule has 0 radical (unpaired) electrons. The molecule has 6 aromatic carbocycles. The lowest BCUT2D eigenvalue weighted by Gasteiger charge is -2.29. The molecule has 0 N–H and O–H groups in total. The third-order valence-corrected chi connectivity index (χ3v) is 16.0. The van der Waals surface area contributed by atoms with Gasteiger partial charge in [-0.05, 0) is 172 Å². The second-order valence-corrected chi connectivity index (χ2v) is 19.7. The maximum atomic E-state index is 2.54. The molecule has 0 heterocycles. The van der Waals surface area contributed by atoms with E-state index in [9.17, 15) is 0 Å². The number of hydrogen-bond donors (Lipinski definition) is 0. The van der Waals surface area contributed by atoms with Gasteiger partial charge < -0.3 is 4.90 Å². The highest BCUT2D eigenvalue weighted by atomic mass is 15.1. The third kappa shape index (κ3) is 6.68. The van der Waals surface area contributed by atoms with Crippen LogP contribution in [0.25, 0.3) is 33.4 Å². The molecule has 5 aliphatic rings. The summed E-state index contributed by atoms with van der Waals surface area (Å²) in [5, 5.41) is 0. The van der Waals surface area contributed by atoms with Crippen LogP contribution in [-0.2, 0) is 5.41 Å². The van der Waals surface area contributed by atoms with E-state index in [4.69, 9.17) is 0 Å². The number of fused-ring (bicyclic) bond motifs is 5. The number of rotatable bonds is 8. The predicted octanol–water partition coefficient (Wildman–Crippen LogP) is 16.8. The molecule has 2 bridgehead atoms. The topological polar surface area (TPSA) is 3.24 Å². The van der Waals surface area contributed by atoms with Crippen LogP contribution in [0.4, 0.5) is 17.1 Å². The monoisotopic (exact) mass is 771 g/mol. The van der Waals surface area contributed by atoms with Crippen LogP contribution in [0, 0.1) is 11.8 Å². The summed E-state index contributed by atoms with van der Waals surface area (Å²) in [6.45, 7) is 4.88. The highest BCUT2D eigenvalue weighted by Crippen LogP contribution is 2.55. The Morgan fingerprint density at radius 1 is 0.458 bits per heavy atom. The quantitative estimate of drug-likeness (QED) is 0.149. The zero-order chi connectivity index (χ0) is 39.5. The molecular formula is C58H61N. The van der Waals surface area contributed by atoms with Gasteiger partial charge in [0.1, 0.15) is 0 Å². The minimum absolute atomic E-state index is 0.128. The van der Waals surface area contributed by atoms with E-state index in [1.54, 1.807) is 5.56 Å². The molecule has 3 unspecified atom stereocenters. The minimum atomic E-state index is -0.128. The van der Waals surface area contributed by atoms with E-state index in [1.165, 1.54) is 163 Å². The van der Waals surface area contributed by atoms with E-state index in [0.717, 1.165) is 23.7 Å². The highest BCUT2D eigenvalue weighted by molar-refractivity contribution is 5.94. The van der Waals surface area contributed by atoms with E-state index in [0.29, 0.717) is 5.92 Å². The first-order valence-corrected chi connectivity index (χ1v) is 23.5. The van der Waals surface area contributed by atoms with Gasteiger partial charge in [0, 0.05) is 22.5 Å². The molecule has 59 heavy (non-hydrogen) atoms. The normalized spacial score (nSPS) is 22.3. The number of nitrogens with zero attached hydrogens (tertiary/aromatic N) is 1. The Hall–Kier alpha value is -4.88. The largest absolute Gasteiger partial charge is 0.310 e. The molecule has 298 valence electrons. The Balaban J connectivity index is 0.996. The first kappa shape index (κ1) is 37.1. The fourth-order valence-electron chi connectivity index (χ4n) is 12.8.